The van der Waals surface area contributed by atoms with Gasteiger partial charge in [-0.3, -0.25) is 4.90 Å². The van der Waals surface area contributed by atoms with E-state index in [2.05, 4.69) is 55.9 Å². The Labute approximate surface area is 162 Å². The number of aliphatic hydroxyl groups is 1. The number of hydrogen-bond donors (Lipinski definition) is 2. The van der Waals surface area contributed by atoms with Crippen LogP contribution in [0.25, 0.3) is 22.2 Å². The lowest BCUT2D eigenvalue weighted by atomic mass is 9.93. The van der Waals surface area contributed by atoms with Crippen LogP contribution in [0.4, 0.5) is 0 Å². The molecule has 0 saturated heterocycles. The third-order valence-corrected chi connectivity index (χ3v) is 5.64. The third kappa shape index (κ3) is 4.12. The molecule has 0 radical (unpaired) electrons. The van der Waals surface area contributed by atoms with Gasteiger partial charge in [-0.05, 0) is 56.0 Å². The smallest absolute Gasteiger partial charge is 0.134 e. The second-order valence-electron chi connectivity index (χ2n) is 7.53. The number of fused-ring (bicyclic) bond motifs is 1. The molecule has 2 aromatic heterocycles. The van der Waals surface area contributed by atoms with Gasteiger partial charge in [0, 0.05) is 28.7 Å². The molecule has 3 rings (SSSR count). The number of aromatic nitrogens is 1. The zero-order chi connectivity index (χ0) is 19.4. The monoisotopic (exact) mass is 368 g/mol. The highest BCUT2D eigenvalue weighted by molar-refractivity contribution is 5.96. The van der Waals surface area contributed by atoms with Crippen molar-refractivity contribution >= 4 is 10.9 Å². The van der Waals surface area contributed by atoms with Crippen molar-refractivity contribution in [3.05, 3.63) is 48.4 Å². The molecule has 2 heterocycles. The summed E-state index contributed by atoms with van der Waals surface area (Å²) in [5.74, 6) is 1.11. The van der Waals surface area contributed by atoms with Crippen LogP contribution in [0.5, 0.6) is 0 Å². The quantitative estimate of drug-likeness (QED) is 0.473. The predicted molar refractivity (Wildman–Crippen MR) is 112 cm³/mol. The van der Waals surface area contributed by atoms with E-state index in [1.807, 2.05) is 18.2 Å². The van der Waals surface area contributed by atoms with Crippen molar-refractivity contribution in [1.29, 1.82) is 0 Å². The fraction of sp³-hybridized carbons (Fsp3) is 0.478. The third-order valence-electron chi connectivity index (χ3n) is 5.64. The van der Waals surface area contributed by atoms with Gasteiger partial charge >= 0.3 is 0 Å². The Hall–Kier alpha value is -2.04. The Bertz CT molecular complexity index is 837. The van der Waals surface area contributed by atoms with Crippen LogP contribution in [0.3, 0.4) is 0 Å². The molecule has 4 heteroatoms. The number of aliphatic hydroxyl groups excluding tert-OH is 1. The highest BCUT2D eigenvalue weighted by atomic mass is 16.3. The summed E-state index contributed by atoms with van der Waals surface area (Å²) in [6.45, 7) is 9.59. The van der Waals surface area contributed by atoms with Crippen molar-refractivity contribution in [2.24, 2.45) is 0 Å². The molecule has 4 nitrogen and oxygen atoms in total. The average Bonchev–Trinajstić information content (AvgIpc) is 3.32. The number of furan rings is 1. The Morgan fingerprint density at radius 3 is 2.63 bits per heavy atom. The second kappa shape index (κ2) is 8.77. The number of nitrogens with one attached hydrogen (secondary N) is 1. The van der Waals surface area contributed by atoms with Gasteiger partial charge in [-0.15, -0.1) is 0 Å². The standard InChI is InChI=1S/C23H32N2O2/c1-5-9-17(4)25(6-2)22(26)14-16(3)19-15-24-20-11-7-10-18(23(19)20)21-12-8-13-27-21/h7-8,10-13,15-17,22,24,26H,5-6,9,14H2,1-4H3. The normalized spacial score (nSPS) is 15.3. The van der Waals surface area contributed by atoms with E-state index >= 15 is 0 Å². The molecular formula is C23H32N2O2. The molecule has 0 bridgehead atoms. The van der Waals surface area contributed by atoms with Crippen LogP contribution in [0.15, 0.2) is 47.2 Å². The maximum absolute atomic E-state index is 10.9. The Morgan fingerprint density at radius 1 is 1.15 bits per heavy atom. The highest BCUT2D eigenvalue weighted by Gasteiger charge is 2.24. The molecule has 2 N–H and O–H groups in total. The zero-order valence-electron chi connectivity index (χ0n) is 16.9. The molecular weight excluding hydrogens is 336 g/mol. The summed E-state index contributed by atoms with van der Waals surface area (Å²) in [6.07, 6.45) is 6.31. The van der Waals surface area contributed by atoms with Crippen LogP contribution < -0.4 is 0 Å². The van der Waals surface area contributed by atoms with Gasteiger partial charge in [0.15, 0.2) is 0 Å². The Balaban J connectivity index is 1.87. The summed E-state index contributed by atoms with van der Waals surface area (Å²) in [7, 11) is 0. The van der Waals surface area contributed by atoms with Gasteiger partial charge in [-0.1, -0.05) is 39.3 Å². The van der Waals surface area contributed by atoms with Crippen molar-refractivity contribution in [3.63, 3.8) is 0 Å². The minimum absolute atomic E-state index is 0.229. The van der Waals surface area contributed by atoms with Crippen LogP contribution in [0.1, 0.15) is 58.4 Å². The van der Waals surface area contributed by atoms with Crippen LogP contribution in [0.2, 0.25) is 0 Å². The summed E-state index contributed by atoms with van der Waals surface area (Å²) in [5, 5.41) is 12.1. The number of H-pyrrole nitrogens is 1. The molecule has 0 amide bonds. The SMILES string of the molecule is CCCC(C)N(CC)C(O)CC(C)c1c[nH]c2cccc(-c3ccco3)c12. The van der Waals surface area contributed by atoms with Gasteiger partial charge in [0.1, 0.15) is 12.0 Å². The first kappa shape index (κ1) is 19.7. The van der Waals surface area contributed by atoms with Crippen molar-refractivity contribution in [2.75, 3.05) is 6.54 Å². The first-order valence-corrected chi connectivity index (χ1v) is 10.1. The van der Waals surface area contributed by atoms with E-state index in [9.17, 15) is 5.11 Å². The molecule has 3 atom stereocenters. The molecule has 0 spiro atoms. The molecule has 27 heavy (non-hydrogen) atoms. The Morgan fingerprint density at radius 2 is 1.96 bits per heavy atom. The van der Waals surface area contributed by atoms with Crippen molar-refractivity contribution < 1.29 is 9.52 Å². The lowest BCUT2D eigenvalue weighted by Crippen LogP contribution is -2.42. The van der Waals surface area contributed by atoms with Crippen LogP contribution in [-0.2, 0) is 0 Å². The summed E-state index contributed by atoms with van der Waals surface area (Å²) in [6, 6.07) is 10.5. The summed E-state index contributed by atoms with van der Waals surface area (Å²) in [5.41, 5.74) is 3.43. The average molecular weight is 369 g/mol. The number of aromatic amines is 1. The van der Waals surface area contributed by atoms with Crippen LogP contribution in [-0.4, -0.2) is 33.8 Å². The highest BCUT2D eigenvalue weighted by Crippen LogP contribution is 2.36. The van der Waals surface area contributed by atoms with Crippen molar-refractivity contribution in [3.8, 4) is 11.3 Å². The van der Waals surface area contributed by atoms with Gasteiger partial charge in [0.05, 0.1) is 6.26 Å². The van der Waals surface area contributed by atoms with Gasteiger partial charge in [-0.2, -0.15) is 0 Å². The fourth-order valence-corrected chi connectivity index (χ4v) is 4.22. The largest absolute Gasteiger partial charge is 0.464 e. The minimum atomic E-state index is -0.438. The Kier molecular flexibility index (Phi) is 6.40. The fourth-order valence-electron chi connectivity index (χ4n) is 4.22. The summed E-state index contributed by atoms with van der Waals surface area (Å²) < 4.78 is 5.66. The lowest BCUT2D eigenvalue weighted by Gasteiger charge is -2.33. The maximum Gasteiger partial charge on any atom is 0.134 e. The molecule has 0 aliphatic rings. The molecule has 1 aromatic carbocycles. The topological polar surface area (TPSA) is 52.4 Å². The molecule has 0 aliphatic heterocycles. The summed E-state index contributed by atoms with van der Waals surface area (Å²) >= 11 is 0. The van der Waals surface area contributed by atoms with E-state index in [1.54, 1.807) is 6.26 Å². The predicted octanol–water partition coefficient (Wildman–Crippen LogP) is 5.75. The van der Waals surface area contributed by atoms with E-state index in [0.29, 0.717) is 12.5 Å². The van der Waals surface area contributed by atoms with Gasteiger partial charge in [0.2, 0.25) is 0 Å². The van der Waals surface area contributed by atoms with E-state index in [4.69, 9.17) is 4.42 Å². The number of nitrogens with zero attached hydrogens (tertiary/aromatic N) is 1. The van der Waals surface area contributed by atoms with E-state index in [-0.39, 0.29) is 5.92 Å². The van der Waals surface area contributed by atoms with Gasteiger partial charge in [0.25, 0.3) is 0 Å². The first-order chi connectivity index (χ1) is 13.1. The van der Waals surface area contributed by atoms with E-state index in [0.717, 1.165) is 36.2 Å². The molecule has 0 fully saturated rings. The number of hydrogen-bond acceptors (Lipinski definition) is 3. The second-order valence-corrected chi connectivity index (χ2v) is 7.53. The lowest BCUT2D eigenvalue weighted by molar-refractivity contribution is -0.0280. The first-order valence-electron chi connectivity index (χ1n) is 10.1. The van der Waals surface area contributed by atoms with Gasteiger partial charge in [-0.25, -0.2) is 0 Å². The van der Waals surface area contributed by atoms with Gasteiger partial charge < -0.3 is 14.5 Å². The zero-order valence-corrected chi connectivity index (χ0v) is 16.9. The summed E-state index contributed by atoms with van der Waals surface area (Å²) in [4.78, 5) is 5.60. The van der Waals surface area contributed by atoms with Crippen molar-refractivity contribution in [2.45, 2.75) is 65.1 Å². The van der Waals surface area contributed by atoms with Crippen LogP contribution >= 0.6 is 0 Å². The van der Waals surface area contributed by atoms with E-state index in [1.165, 1.54) is 10.9 Å². The maximum atomic E-state index is 10.9. The molecule has 3 aromatic rings. The number of benzene rings is 1. The molecule has 3 unspecified atom stereocenters. The minimum Gasteiger partial charge on any atom is -0.464 e. The van der Waals surface area contributed by atoms with Crippen molar-refractivity contribution in [1.82, 2.24) is 9.88 Å². The number of rotatable bonds is 9. The molecule has 146 valence electrons. The van der Waals surface area contributed by atoms with E-state index < -0.39 is 6.23 Å². The molecule has 0 aliphatic carbocycles. The van der Waals surface area contributed by atoms with Crippen LogP contribution in [0, 0.1) is 0 Å². The molecule has 0 saturated carbocycles.